The molecular weight excluding hydrogens is 306 g/mol. The van der Waals surface area contributed by atoms with Crippen LogP contribution in [0.2, 0.25) is 5.15 Å². The Hall–Kier alpha value is -1.56. The monoisotopic (exact) mass is 327 g/mol. The first-order chi connectivity index (χ1) is 10.3. The largest absolute Gasteiger partial charge is 0.473 e. The zero-order valence-corrected chi connectivity index (χ0v) is 13.9. The van der Waals surface area contributed by atoms with Crippen LogP contribution in [0.1, 0.15) is 46.5 Å². The van der Waals surface area contributed by atoms with E-state index in [9.17, 15) is 4.79 Å². The van der Waals surface area contributed by atoms with Crippen molar-refractivity contribution in [3.63, 3.8) is 0 Å². The molecule has 6 nitrogen and oxygen atoms in total. The molecule has 7 heteroatoms. The molecule has 2 atom stereocenters. The van der Waals surface area contributed by atoms with E-state index in [0.717, 1.165) is 19.3 Å². The highest BCUT2D eigenvalue weighted by Gasteiger charge is 2.26. The lowest BCUT2D eigenvalue weighted by Gasteiger charge is -2.30. The quantitative estimate of drug-likeness (QED) is 0.921. The summed E-state index contributed by atoms with van der Waals surface area (Å²) in [6, 6.07) is 0.0424. The Morgan fingerprint density at radius 1 is 1.36 bits per heavy atom. The van der Waals surface area contributed by atoms with Crippen molar-refractivity contribution in [2.75, 3.05) is 0 Å². The summed E-state index contributed by atoms with van der Waals surface area (Å²) in [5.41, 5.74) is -0.495. The van der Waals surface area contributed by atoms with Gasteiger partial charge in [-0.1, -0.05) is 11.6 Å². The number of alkyl carbamates (subject to hydrolysis) is 1. The first-order valence-corrected chi connectivity index (χ1v) is 7.83. The van der Waals surface area contributed by atoms with Crippen molar-refractivity contribution in [3.8, 4) is 5.88 Å². The molecule has 1 heterocycles. The summed E-state index contributed by atoms with van der Waals surface area (Å²) in [6.45, 7) is 5.53. The third-order valence-electron chi connectivity index (χ3n) is 3.22. The minimum atomic E-state index is -0.495. The van der Waals surface area contributed by atoms with Crippen molar-refractivity contribution in [2.45, 2.75) is 64.2 Å². The molecule has 0 aliphatic heterocycles. The Labute approximate surface area is 135 Å². The third kappa shape index (κ3) is 5.67. The van der Waals surface area contributed by atoms with Crippen molar-refractivity contribution < 1.29 is 14.3 Å². The highest BCUT2D eigenvalue weighted by Crippen LogP contribution is 2.23. The summed E-state index contributed by atoms with van der Waals surface area (Å²) in [6.07, 6.45) is 6.12. The number of nitrogens with one attached hydrogen (secondary N) is 1. The zero-order valence-electron chi connectivity index (χ0n) is 13.1. The van der Waals surface area contributed by atoms with Gasteiger partial charge >= 0.3 is 6.09 Å². The summed E-state index contributed by atoms with van der Waals surface area (Å²) in [4.78, 5) is 19.8. The van der Waals surface area contributed by atoms with E-state index in [1.807, 2.05) is 20.8 Å². The molecule has 0 radical (unpaired) electrons. The highest BCUT2D eigenvalue weighted by atomic mass is 35.5. The molecule has 0 aromatic carbocycles. The van der Waals surface area contributed by atoms with Gasteiger partial charge in [0.15, 0.2) is 5.15 Å². The van der Waals surface area contributed by atoms with Gasteiger partial charge in [0.1, 0.15) is 11.7 Å². The maximum Gasteiger partial charge on any atom is 0.407 e. The highest BCUT2D eigenvalue weighted by molar-refractivity contribution is 6.29. The number of carbonyl (C=O) groups excluding carboxylic acids is 1. The Morgan fingerprint density at radius 3 is 2.82 bits per heavy atom. The van der Waals surface area contributed by atoms with Gasteiger partial charge in [0.25, 0.3) is 0 Å². The first-order valence-electron chi connectivity index (χ1n) is 7.45. The lowest BCUT2D eigenvalue weighted by Crippen LogP contribution is -2.43. The van der Waals surface area contributed by atoms with E-state index in [2.05, 4.69) is 15.3 Å². The summed E-state index contributed by atoms with van der Waals surface area (Å²) in [5.74, 6) is 0.412. The molecule has 0 bridgehead atoms. The van der Waals surface area contributed by atoms with E-state index in [-0.39, 0.29) is 18.2 Å². The van der Waals surface area contributed by atoms with Gasteiger partial charge in [-0.15, -0.1) is 0 Å². The fourth-order valence-electron chi connectivity index (χ4n) is 2.41. The van der Waals surface area contributed by atoms with E-state index in [1.165, 1.54) is 12.4 Å². The lowest BCUT2D eigenvalue weighted by atomic mass is 9.93. The number of ether oxygens (including phenoxy) is 2. The summed E-state index contributed by atoms with van der Waals surface area (Å²) >= 11 is 5.79. The number of rotatable bonds is 3. The molecule has 1 aliphatic carbocycles. The van der Waals surface area contributed by atoms with E-state index in [0.29, 0.717) is 17.5 Å². The van der Waals surface area contributed by atoms with E-state index < -0.39 is 5.60 Å². The second kappa shape index (κ2) is 7.13. The Morgan fingerprint density at radius 2 is 2.14 bits per heavy atom. The van der Waals surface area contributed by atoms with E-state index in [4.69, 9.17) is 21.1 Å². The molecule has 22 heavy (non-hydrogen) atoms. The molecule has 1 aliphatic rings. The maximum absolute atomic E-state index is 11.8. The number of hydrogen-bond acceptors (Lipinski definition) is 5. The molecular formula is C15H22ClN3O3. The molecule has 1 aromatic rings. The Bertz CT molecular complexity index is 519. The lowest BCUT2D eigenvalue weighted by molar-refractivity contribution is 0.0461. The second-order valence-electron chi connectivity index (χ2n) is 6.43. The number of nitrogens with zero attached hydrogens (tertiary/aromatic N) is 2. The summed E-state index contributed by atoms with van der Waals surface area (Å²) in [7, 11) is 0. The van der Waals surface area contributed by atoms with Gasteiger partial charge in [-0.05, 0) is 40.0 Å². The third-order valence-corrected chi connectivity index (χ3v) is 3.40. The molecule has 1 amide bonds. The van der Waals surface area contributed by atoms with Crippen LogP contribution in [0, 0.1) is 0 Å². The maximum atomic E-state index is 11.8. The van der Waals surface area contributed by atoms with E-state index >= 15 is 0 Å². The molecule has 0 saturated heterocycles. The van der Waals surface area contributed by atoms with Crippen molar-refractivity contribution in [1.82, 2.24) is 15.3 Å². The zero-order chi connectivity index (χ0) is 16.2. The normalized spacial score (nSPS) is 22.0. The fraction of sp³-hybridized carbons (Fsp3) is 0.667. The summed E-state index contributed by atoms with van der Waals surface area (Å²) < 4.78 is 11.1. The number of halogens is 1. The predicted octanol–water partition coefficient (Wildman–Crippen LogP) is 3.34. The van der Waals surface area contributed by atoms with Crippen molar-refractivity contribution in [2.24, 2.45) is 0 Å². The van der Waals surface area contributed by atoms with Gasteiger partial charge in [-0.3, -0.25) is 4.98 Å². The second-order valence-corrected chi connectivity index (χ2v) is 6.82. The number of carbonyl (C=O) groups is 1. The average molecular weight is 328 g/mol. The van der Waals surface area contributed by atoms with Crippen LogP contribution in [0.4, 0.5) is 4.79 Å². The van der Waals surface area contributed by atoms with Crippen LogP contribution in [0.15, 0.2) is 12.4 Å². The predicted molar refractivity (Wildman–Crippen MR) is 83.1 cm³/mol. The Kier molecular flexibility index (Phi) is 5.45. The average Bonchev–Trinajstić information content (AvgIpc) is 2.36. The molecule has 0 unspecified atom stereocenters. The minimum absolute atomic E-state index is 0.0125. The molecule has 1 N–H and O–H groups in total. The first kappa shape index (κ1) is 16.8. The van der Waals surface area contributed by atoms with Crippen LogP contribution >= 0.6 is 11.6 Å². The van der Waals surface area contributed by atoms with Crippen LogP contribution in [0.25, 0.3) is 0 Å². The van der Waals surface area contributed by atoms with Gasteiger partial charge in [0, 0.05) is 12.5 Å². The fourth-order valence-corrected chi connectivity index (χ4v) is 2.55. The molecule has 1 aromatic heterocycles. The summed E-state index contributed by atoms with van der Waals surface area (Å²) in [5, 5.41) is 3.20. The van der Waals surface area contributed by atoms with Crippen LogP contribution in [-0.4, -0.2) is 33.8 Å². The number of amides is 1. The topological polar surface area (TPSA) is 73.3 Å². The molecule has 1 saturated carbocycles. The van der Waals surface area contributed by atoms with Crippen LogP contribution < -0.4 is 10.1 Å². The SMILES string of the molecule is CC(C)(C)OC(=O)N[C@H]1CCC[C@@H](Oc2cncc(Cl)n2)C1. The van der Waals surface area contributed by atoms with Gasteiger partial charge in [0.2, 0.25) is 5.88 Å². The van der Waals surface area contributed by atoms with Crippen molar-refractivity contribution in [3.05, 3.63) is 17.5 Å². The van der Waals surface area contributed by atoms with Crippen molar-refractivity contribution >= 4 is 17.7 Å². The smallest absolute Gasteiger partial charge is 0.407 e. The molecule has 2 rings (SSSR count). The van der Waals surface area contributed by atoms with Gasteiger partial charge < -0.3 is 14.8 Å². The van der Waals surface area contributed by atoms with Crippen LogP contribution in [-0.2, 0) is 4.74 Å². The molecule has 0 spiro atoms. The van der Waals surface area contributed by atoms with Gasteiger partial charge in [0.05, 0.1) is 12.4 Å². The van der Waals surface area contributed by atoms with Gasteiger partial charge in [-0.25, -0.2) is 4.79 Å². The van der Waals surface area contributed by atoms with Crippen LogP contribution in [0.3, 0.4) is 0 Å². The van der Waals surface area contributed by atoms with Gasteiger partial charge in [-0.2, -0.15) is 4.98 Å². The molecule has 122 valence electrons. The number of hydrogen-bond donors (Lipinski definition) is 1. The number of aromatic nitrogens is 2. The molecule has 1 fully saturated rings. The van der Waals surface area contributed by atoms with Crippen molar-refractivity contribution in [1.29, 1.82) is 0 Å². The Balaban J connectivity index is 1.85. The standard InChI is InChI=1S/C15H22ClN3O3/c1-15(2,3)22-14(20)18-10-5-4-6-11(7-10)21-13-9-17-8-12(16)19-13/h8-11H,4-7H2,1-3H3,(H,18,20)/t10-,11+/m0/s1. The minimum Gasteiger partial charge on any atom is -0.473 e. The van der Waals surface area contributed by atoms with E-state index in [1.54, 1.807) is 0 Å². The van der Waals surface area contributed by atoms with Crippen LogP contribution in [0.5, 0.6) is 5.88 Å².